The minimum atomic E-state index is 0.418. The molecule has 0 fully saturated rings. The number of rotatable bonds is 1. The second-order valence-corrected chi connectivity index (χ2v) is 1.82. The fourth-order valence-electron chi connectivity index (χ4n) is 0.599. The van der Waals surface area contributed by atoms with Gasteiger partial charge in [0.1, 0.15) is 5.82 Å². The van der Waals surface area contributed by atoms with E-state index in [1.807, 2.05) is 13.0 Å². The van der Waals surface area contributed by atoms with Crippen LogP contribution in [0.25, 0.3) is 0 Å². The lowest BCUT2D eigenvalue weighted by Gasteiger charge is -1.93. The van der Waals surface area contributed by atoms with Gasteiger partial charge < -0.3 is 5.73 Å². The summed E-state index contributed by atoms with van der Waals surface area (Å²) in [6.45, 7) is 2.34. The number of aromatic nitrogens is 2. The molecule has 0 saturated carbocycles. The third kappa shape index (κ3) is 1.47. The second kappa shape index (κ2) is 2.55. The summed E-state index contributed by atoms with van der Waals surface area (Å²) in [5.41, 5.74) is 6.26. The minimum Gasteiger partial charge on any atom is -0.324 e. The van der Waals surface area contributed by atoms with Gasteiger partial charge in [0, 0.05) is 11.9 Å². The van der Waals surface area contributed by atoms with Crippen molar-refractivity contribution in [3.8, 4) is 0 Å². The van der Waals surface area contributed by atoms with Crippen molar-refractivity contribution >= 4 is 0 Å². The Hall–Kier alpha value is -0.960. The molecular formula is C6H9N3. The Morgan fingerprint density at radius 2 is 2.44 bits per heavy atom. The zero-order chi connectivity index (χ0) is 6.69. The van der Waals surface area contributed by atoms with Crippen molar-refractivity contribution < 1.29 is 0 Å². The van der Waals surface area contributed by atoms with Gasteiger partial charge in [0.15, 0.2) is 0 Å². The van der Waals surface area contributed by atoms with Crippen molar-refractivity contribution in [2.45, 2.75) is 13.5 Å². The van der Waals surface area contributed by atoms with E-state index in [0.717, 1.165) is 5.69 Å². The molecule has 9 heavy (non-hydrogen) atoms. The SMILES string of the molecule is Cc1ccnc(CN)n1. The van der Waals surface area contributed by atoms with Crippen LogP contribution in [-0.4, -0.2) is 9.97 Å². The van der Waals surface area contributed by atoms with E-state index in [1.165, 1.54) is 0 Å². The monoisotopic (exact) mass is 123 g/mol. The van der Waals surface area contributed by atoms with E-state index in [2.05, 4.69) is 9.97 Å². The topological polar surface area (TPSA) is 51.8 Å². The summed E-state index contributed by atoms with van der Waals surface area (Å²) in [6, 6.07) is 1.85. The second-order valence-electron chi connectivity index (χ2n) is 1.82. The Labute approximate surface area is 53.9 Å². The Bertz CT molecular complexity index is 197. The van der Waals surface area contributed by atoms with E-state index in [1.54, 1.807) is 6.20 Å². The molecule has 0 unspecified atom stereocenters. The van der Waals surface area contributed by atoms with Crippen molar-refractivity contribution in [3.63, 3.8) is 0 Å². The Morgan fingerprint density at radius 3 is 2.89 bits per heavy atom. The summed E-state index contributed by atoms with van der Waals surface area (Å²) in [4.78, 5) is 7.98. The van der Waals surface area contributed by atoms with E-state index >= 15 is 0 Å². The third-order valence-corrected chi connectivity index (χ3v) is 1.03. The molecule has 0 saturated heterocycles. The first-order chi connectivity index (χ1) is 4.33. The lowest BCUT2D eigenvalue weighted by molar-refractivity contribution is 0.891. The van der Waals surface area contributed by atoms with Crippen molar-refractivity contribution in [1.82, 2.24) is 9.97 Å². The summed E-state index contributed by atoms with van der Waals surface area (Å²) in [6.07, 6.45) is 1.71. The summed E-state index contributed by atoms with van der Waals surface area (Å²) in [5, 5.41) is 0. The maximum Gasteiger partial charge on any atom is 0.142 e. The number of hydrogen-bond donors (Lipinski definition) is 1. The Balaban J connectivity index is 2.94. The standard InChI is InChI=1S/C6H9N3/c1-5-2-3-8-6(4-7)9-5/h2-3H,4,7H2,1H3. The zero-order valence-electron chi connectivity index (χ0n) is 5.33. The maximum absolute atomic E-state index is 5.29. The van der Waals surface area contributed by atoms with E-state index in [0.29, 0.717) is 12.4 Å². The molecule has 3 nitrogen and oxygen atoms in total. The molecule has 0 aliphatic heterocycles. The number of nitrogens with zero attached hydrogens (tertiary/aromatic N) is 2. The quantitative estimate of drug-likeness (QED) is 0.582. The average molecular weight is 123 g/mol. The molecule has 1 heterocycles. The summed E-state index contributed by atoms with van der Waals surface area (Å²) < 4.78 is 0. The van der Waals surface area contributed by atoms with Crippen LogP contribution in [0.1, 0.15) is 11.5 Å². The van der Waals surface area contributed by atoms with Gasteiger partial charge in [-0.1, -0.05) is 0 Å². The van der Waals surface area contributed by atoms with Gasteiger partial charge in [-0.2, -0.15) is 0 Å². The predicted molar refractivity (Wildman–Crippen MR) is 34.7 cm³/mol. The predicted octanol–water partition coefficient (Wildman–Crippen LogP) is 0.244. The summed E-state index contributed by atoms with van der Waals surface area (Å²) in [7, 11) is 0. The van der Waals surface area contributed by atoms with Crippen molar-refractivity contribution in [1.29, 1.82) is 0 Å². The van der Waals surface area contributed by atoms with Crippen LogP contribution in [-0.2, 0) is 6.54 Å². The molecule has 48 valence electrons. The molecule has 0 aliphatic rings. The van der Waals surface area contributed by atoms with Gasteiger partial charge in [-0.3, -0.25) is 0 Å². The molecule has 0 amide bonds. The van der Waals surface area contributed by atoms with Crippen molar-refractivity contribution in [2.24, 2.45) is 5.73 Å². The van der Waals surface area contributed by atoms with Crippen LogP contribution in [0, 0.1) is 6.92 Å². The largest absolute Gasteiger partial charge is 0.324 e. The third-order valence-electron chi connectivity index (χ3n) is 1.03. The van der Waals surface area contributed by atoms with E-state index in [9.17, 15) is 0 Å². The molecule has 0 aromatic carbocycles. The summed E-state index contributed by atoms with van der Waals surface area (Å²) >= 11 is 0. The van der Waals surface area contributed by atoms with Gasteiger partial charge in [-0.15, -0.1) is 0 Å². The van der Waals surface area contributed by atoms with E-state index in [4.69, 9.17) is 5.73 Å². The van der Waals surface area contributed by atoms with Gasteiger partial charge in [-0.05, 0) is 13.0 Å². The van der Waals surface area contributed by atoms with Crippen LogP contribution in [0.5, 0.6) is 0 Å². The fourth-order valence-corrected chi connectivity index (χ4v) is 0.599. The molecule has 1 aromatic rings. The molecule has 2 N–H and O–H groups in total. The molecule has 0 aliphatic carbocycles. The smallest absolute Gasteiger partial charge is 0.142 e. The van der Waals surface area contributed by atoms with Crippen LogP contribution in [0.15, 0.2) is 12.3 Å². The summed E-state index contributed by atoms with van der Waals surface area (Å²) in [5.74, 6) is 0.704. The van der Waals surface area contributed by atoms with Crippen LogP contribution in [0.3, 0.4) is 0 Å². The molecule has 3 heteroatoms. The molecule has 0 bridgehead atoms. The van der Waals surface area contributed by atoms with Gasteiger partial charge in [-0.25, -0.2) is 9.97 Å². The molecule has 0 spiro atoms. The lowest BCUT2D eigenvalue weighted by Crippen LogP contribution is -2.02. The van der Waals surface area contributed by atoms with Crippen LogP contribution in [0.2, 0.25) is 0 Å². The maximum atomic E-state index is 5.29. The number of nitrogens with two attached hydrogens (primary N) is 1. The zero-order valence-corrected chi connectivity index (χ0v) is 5.33. The minimum absolute atomic E-state index is 0.418. The first kappa shape index (κ1) is 6.16. The fraction of sp³-hybridized carbons (Fsp3) is 0.333. The lowest BCUT2D eigenvalue weighted by atomic mass is 10.4. The normalized spacial score (nSPS) is 9.56. The highest BCUT2D eigenvalue weighted by Crippen LogP contribution is 1.90. The van der Waals surface area contributed by atoms with E-state index < -0.39 is 0 Å². The average Bonchev–Trinajstić information content (AvgIpc) is 1.88. The first-order valence-electron chi connectivity index (χ1n) is 2.81. The van der Waals surface area contributed by atoms with Crippen LogP contribution >= 0.6 is 0 Å². The highest BCUT2D eigenvalue weighted by atomic mass is 14.9. The van der Waals surface area contributed by atoms with Crippen molar-refractivity contribution in [3.05, 3.63) is 23.8 Å². The number of aryl methyl sites for hydroxylation is 1. The van der Waals surface area contributed by atoms with Gasteiger partial charge in [0.05, 0.1) is 6.54 Å². The van der Waals surface area contributed by atoms with Crippen LogP contribution < -0.4 is 5.73 Å². The highest BCUT2D eigenvalue weighted by Gasteiger charge is 1.89. The Morgan fingerprint density at radius 1 is 1.67 bits per heavy atom. The molecule has 1 rings (SSSR count). The molecule has 0 atom stereocenters. The highest BCUT2D eigenvalue weighted by molar-refractivity contribution is 4.98. The van der Waals surface area contributed by atoms with Crippen LogP contribution in [0.4, 0.5) is 0 Å². The van der Waals surface area contributed by atoms with Gasteiger partial charge >= 0.3 is 0 Å². The Kier molecular flexibility index (Phi) is 1.75. The molecule has 1 aromatic heterocycles. The van der Waals surface area contributed by atoms with Crippen molar-refractivity contribution in [2.75, 3.05) is 0 Å². The molecular weight excluding hydrogens is 114 g/mol. The van der Waals surface area contributed by atoms with E-state index in [-0.39, 0.29) is 0 Å². The number of hydrogen-bond acceptors (Lipinski definition) is 3. The van der Waals surface area contributed by atoms with Gasteiger partial charge in [0.2, 0.25) is 0 Å². The van der Waals surface area contributed by atoms with Gasteiger partial charge in [0.25, 0.3) is 0 Å². The first-order valence-corrected chi connectivity index (χ1v) is 2.81. The molecule has 0 radical (unpaired) electrons.